The zero-order chi connectivity index (χ0) is 19.5. The molecule has 0 aliphatic carbocycles. The Morgan fingerprint density at radius 1 is 1.07 bits per heavy atom. The lowest BCUT2D eigenvalue weighted by molar-refractivity contribution is -0.113. The Kier molecular flexibility index (Phi) is 5.14. The smallest absolute Gasteiger partial charge is 0.336 e. The molecule has 0 unspecified atom stereocenters. The summed E-state index contributed by atoms with van der Waals surface area (Å²) in [6.45, 7) is 0. The molecule has 0 fully saturated rings. The van der Waals surface area contributed by atoms with Crippen LogP contribution in [-0.4, -0.2) is 21.9 Å². The third-order valence-corrected chi connectivity index (χ3v) is 4.76. The molecule has 2 heterocycles. The van der Waals surface area contributed by atoms with Crippen LogP contribution in [0, 0.1) is 0 Å². The van der Waals surface area contributed by atoms with Crippen molar-refractivity contribution in [1.82, 2.24) is 10.2 Å². The molecule has 7 nitrogen and oxygen atoms in total. The van der Waals surface area contributed by atoms with Crippen molar-refractivity contribution in [2.24, 2.45) is 0 Å². The first-order valence-corrected chi connectivity index (χ1v) is 9.49. The van der Waals surface area contributed by atoms with Crippen LogP contribution in [0.1, 0.15) is 0 Å². The number of carbonyl (C=O) groups excluding carboxylic acids is 1. The lowest BCUT2D eigenvalue weighted by Gasteiger charge is -2.05. The average Bonchev–Trinajstić information content (AvgIpc) is 3.16. The summed E-state index contributed by atoms with van der Waals surface area (Å²) >= 11 is 7.08. The van der Waals surface area contributed by atoms with Crippen LogP contribution < -0.4 is 10.9 Å². The number of benzene rings is 2. The van der Waals surface area contributed by atoms with Gasteiger partial charge in [-0.25, -0.2) is 4.79 Å². The van der Waals surface area contributed by atoms with E-state index in [0.717, 1.165) is 11.8 Å². The van der Waals surface area contributed by atoms with Gasteiger partial charge in [-0.05, 0) is 42.5 Å². The van der Waals surface area contributed by atoms with Crippen molar-refractivity contribution >= 4 is 45.9 Å². The van der Waals surface area contributed by atoms with Crippen LogP contribution in [0.15, 0.2) is 73.4 Å². The van der Waals surface area contributed by atoms with Crippen LogP contribution in [0.4, 0.5) is 5.69 Å². The Labute approximate surface area is 167 Å². The van der Waals surface area contributed by atoms with E-state index in [1.54, 1.807) is 42.5 Å². The van der Waals surface area contributed by atoms with E-state index < -0.39 is 5.63 Å². The molecule has 0 radical (unpaired) electrons. The van der Waals surface area contributed by atoms with Crippen LogP contribution in [0.3, 0.4) is 0 Å². The van der Waals surface area contributed by atoms with Crippen molar-refractivity contribution in [2.75, 3.05) is 11.1 Å². The predicted octanol–water partition coefficient (Wildman–Crippen LogP) is 4.23. The highest BCUT2D eigenvalue weighted by Gasteiger charge is 2.12. The second kappa shape index (κ2) is 7.87. The van der Waals surface area contributed by atoms with Gasteiger partial charge in [0.15, 0.2) is 0 Å². The largest absolute Gasteiger partial charge is 0.423 e. The Morgan fingerprint density at radius 3 is 2.82 bits per heavy atom. The van der Waals surface area contributed by atoms with Gasteiger partial charge in [0.1, 0.15) is 5.58 Å². The number of aromatic nitrogens is 2. The van der Waals surface area contributed by atoms with Crippen molar-refractivity contribution < 1.29 is 13.6 Å². The fourth-order valence-corrected chi connectivity index (χ4v) is 3.23. The van der Waals surface area contributed by atoms with Gasteiger partial charge in [-0.3, -0.25) is 4.79 Å². The highest BCUT2D eigenvalue weighted by molar-refractivity contribution is 7.99. The first-order valence-electron chi connectivity index (χ1n) is 8.13. The summed E-state index contributed by atoms with van der Waals surface area (Å²) in [5.74, 6) is 0.199. The maximum absolute atomic E-state index is 12.2. The van der Waals surface area contributed by atoms with Gasteiger partial charge in [-0.2, -0.15) is 0 Å². The van der Waals surface area contributed by atoms with Crippen molar-refractivity contribution in [2.45, 2.75) is 5.22 Å². The molecule has 1 amide bonds. The summed E-state index contributed by atoms with van der Waals surface area (Å²) in [5, 5.41) is 12.2. The summed E-state index contributed by atoms with van der Waals surface area (Å²) in [7, 11) is 0. The lowest BCUT2D eigenvalue weighted by Crippen LogP contribution is -2.14. The third kappa shape index (κ3) is 4.24. The van der Waals surface area contributed by atoms with Gasteiger partial charge in [-0.15, -0.1) is 10.2 Å². The number of hydrogen-bond acceptors (Lipinski definition) is 7. The fraction of sp³-hybridized carbons (Fsp3) is 0.0526. The second-order valence-corrected chi connectivity index (χ2v) is 7.09. The summed E-state index contributed by atoms with van der Waals surface area (Å²) in [6, 6.07) is 15.1. The number of nitrogens with zero attached hydrogens (tertiary/aromatic N) is 2. The molecule has 140 valence electrons. The number of amides is 1. The van der Waals surface area contributed by atoms with E-state index in [2.05, 4.69) is 15.5 Å². The normalized spacial score (nSPS) is 10.9. The minimum atomic E-state index is -0.419. The first kappa shape index (κ1) is 18.3. The maximum Gasteiger partial charge on any atom is 0.336 e. The zero-order valence-corrected chi connectivity index (χ0v) is 15.8. The number of anilines is 1. The first-order chi connectivity index (χ1) is 13.6. The van der Waals surface area contributed by atoms with Crippen LogP contribution >= 0.6 is 23.4 Å². The topological polar surface area (TPSA) is 98.2 Å². The molecular formula is C19H12ClN3O4S. The van der Waals surface area contributed by atoms with E-state index in [9.17, 15) is 9.59 Å². The summed E-state index contributed by atoms with van der Waals surface area (Å²) in [5.41, 5.74) is 1.34. The summed E-state index contributed by atoms with van der Waals surface area (Å²) < 4.78 is 10.6. The van der Waals surface area contributed by atoms with Crippen LogP contribution in [-0.2, 0) is 4.79 Å². The Morgan fingerprint density at radius 2 is 1.96 bits per heavy atom. The van der Waals surface area contributed by atoms with Gasteiger partial charge < -0.3 is 14.2 Å². The van der Waals surface area contributed by atoms with E-state index in [0.29, 0.717) is 33.1 Å². The summed E-state index contributed by atoms with van der Waals surface area (Å²) in [4.78, 5) is 23.4. The van der Waals surface area contributed by atoms with Crippen molar-refractivity contribution in [3.63, 3.8) is 0 Å². The van der Waals surface area contributed by atoms with Crippen LogP contribution in [0.5, 0.6) is 0 Å². The van der Waals surface area contributed by atoms with E-state index in [1.165, 1.54) is 6.07 Å². The number of thioether (sulfide) groups is 1. The molecule has 2 aromatic heterocycles. The number of carbonyl (C=O) groups is 1. The Bertz CT molecular complexity index is 1220. The van der Waals surface area contributed by atoms with E-state index in [-0.39, 0.29) is 16.9 Å². The van der Waals surface area contributed by atoms with Gasteiger partial charge in [-0.1, -0.05) is 29.4 Å². The number of fused-ring (bicyclic) bond motifs is 1. The molecule has 0 bridgehead atoms. The maximum atomic E-state index is 12.2. The molecule has 0 saturated carbocycles. The Balaban J connectivity index is 1.38. The molecule has 28 heavy (non-hydrogen) atoms. The minimum Gasteiger partial charge on any atom is -0.423 e. The van der Waals surface area contributed by atoms with E-state index in [1.807, 2.05) is 6.07 Å². The quantitative estimate of drug-likeness (QED) is 0.386. The zero-order valence-electron chi connectivity index (χ0n) is 14.2. The fourth-order valence-electron chi connectivity index (χ4n) is 2.48. The monoisotopic (exact) mass is 413 g/mol. The van der Waals surface area contributed by atoms with Crippen molar-refractivity contribution in [3.8, 4) is 11.5 Å². The second-order valence-electron chi connectivity index (χ2n) is 5.73. The SMILES string of the molecule is O=C(CSc1nnc(-c2cccc(Cl)c2)o1)Nc1ccc2oc(=O)ccc2c1. The molecule has 0 aliphatic heterocycles. The summed E-state index contributed by atoms with van der Waals surface area (Å²) in [6.07, 6.45) is 0. The molecule has 0 spiro atoms. The number of nitrogens with one attached hydrogen (secondary N) is 1. The van der Waals surface area contributed by atoms with Gasteiger partial charge in [0, 0.05) is 27.7 Å². The van der Waals surface area contributed by atoms with E-state index in [4.69, 9.17) is 20.4 Å². The molecule has 0 atom stereocenters. The predicted molar refractivity (Wildman–Crippen MR) is 107 cm³/mol. The third-order valence-electron chi connectivity index (χ3n) is 3.71. The van der Waals surface area contributed by atoms with Crippen LogP contribution in [0.2, 0.25) is 5.02 Å². The number of halogens is 1. The van der Waals surface area contributed by atoms with Crippen LogP contribution in [0.25, 0.3) is 22.4 Å². The van der Waals surface area contributed by atoms with Gasteiger partial charge in [0.25, 0.3) is 5.22 Å². The average molecular weight is 414 g/mol. The number of rotatable bonds is 5. The molecule has 0 saturated heterocycles. The van der Waals surface area contributed by atoms with Crippen molar-refractivity contribution in [1.29, 1.82) is 0 Å². The highest BCUT2D eigenvalue weighted by Crippen LogP contribution is 2.25. The lowest BCUT2D eigenvalue weighted by atomic mass is 10.2. The molecule has 4 rings (SSSR count). The Hall–Kier alpha value is -3.10. The molecular weight excluding hydrogens is 402 g/mol. The number of hydrogen-bond donors (Lipinski definition) is 1. The molecule has 1 N–H and O–H groups in total. The van der Waals surface area contributed by atoms with Gasteiger partial charge >= 0.3 is 5.63 Å². The molecule has 2 aromatic carbocycles. The minimum absolute atomic E-state index is 0.0963. The highest BCUT2D eigenvalue weighted by atomic mass is 35.5. The van der Waals surface area contributed by atoms with E-state index >= 15 is 0 Å². The molecule has 9 heteroatoms. The standard InChI is InChI=1S/C19H12ClN3O4S/c20-13-3-1-2-12(8-13)18-22-23-19(27-18)28-10-16(24)21-14-5-6-15-11(9-14)4-7-17(25)26-15/h1-9H,10H2,(H,21,24). The van der Waals surface area contributed by atoms with Gasteiger partial charge in [0.05, 0.1) is 5.75 Å². The molecule has 4 aromatic rings. The van der Waals surface area contributed by atoms with Crippen molar-refractivity contribution in [3.05, 3.63) is 70.0 Å². The molecule has 0 aliphatic rings. The van der Waals surface area contributed by atoms with Gasteiger partial charge in [0.2, 0.25) is 11.8 Å².